The summed E-state index contributed by atoms with van der Waals surface area (Å²) in [5.41, 5.74) is 19.4. The number of hydrogen-bond acceptors (Lipinski definition) is 24. The molecule has 45 heteroatoms. The number of likely N-dealkylation sites (N-methyl/N-ethyl adjacent to an activating group) is 1. The van der Waals surface area contributed by atoms with Crippen LogP contribution < -0.4 is 91.6 Å². The van der Waals surface area contributed by atoms with Gasteiger partial charge in [0.15, 0.2) is 5.96 Å². The molecule has 0 saturated carbocycles. The number of nitrogens with zero attached hydrogens (tertiary/aromatic N) is 5. The highest BCUT2D eigenvalue weighted by Gasteiger charge is 2.42. The third-order valence-electron chi connectivity index (χ3n) is 23.6. The van der Waals surface area contributed by atoms with Crippen molar-refractivity contribution < 1.29 is 91.3 Å². The van der Waals surface area contributed by atoms with Crippen LogP contribution in [0.15, 0.2) is 79.3 Å². The average molecular weight is 1930 g/mol. The van der Waals surface area contributed by atoms with E-state index in [-0.39, 0.29) is 148 Å². The van der Waals surface area contributed by atoms with E-state index in [4.69, 9.17) is 32.1 Å². The minimum atomic E-state index is -1.74. The van der Waals surface area contributed by atoms with Crippen molar-refractivity contribution in [2.75, 3.05) is 86.4 Å². The molecule has 16 amide bonds. The minimum absolute atomic E-state index is 0.000639. The van der Waals surface area contributed by atoms with Gasteiger partial charge in [0.25, 0.3) is 0 Å². The second kappa shape index (κ2) is 62.6. The molecular weight excluding hydrogens is 1790 g/mol. The van der Waals surface area contributed by atoms with Gasteiger partial charge in [-0.05, 0) is 130 Å². The summed E-state index contributed by atoms with van der Waals surface area (Å²) in [4.78, 5) is 234. The number of unbranched alkanes of at least 4 members (excludes halogenated alkanes) is 13. The smallest absolute Gasteiger partial charge is 0.246 e. The summed E-state index contributed by atoms with van der Waals surface area (Å²) in [6, 6.07) is 1.19. The second-order valence-electron chi connectivity index (χ2n) is 35.1. The molecule has 0 aliphatic carbocycles. The third-order valence-corrected chi connectivity index (χ3v) is 23.6. The van der Waals surface area contributed by atoms with E-state index in [1.165, 1.54) is 62.5 Å². The molecule has 0 radical (unpaired) electrons. The van der Waals surface area contributed by atoms with Gasteiger partial charge in [-0.1, -0.05) is 139 Å². The van der Waals surface area contributed by atoms with Gasteiger partial charge in [-0.15, -0.1) is 5.10 Å². The van der Waals surface area contributed by atoms with E-state index in [0.717, 1.165) is 55.3 Å². The van der Waals surface area contributed by atoms with Crippen LogP contribution in [0, 0.1) is 5.41 Å². The van der Waals surface area contributed by atoms with Crippen LogP contribution in [0.1, 0.15) is 209 Å². The summed E-state index contributed by atoms with van der Waals surface area (Å²) in [5, 5.41) is 70.0. The predicted molar refractivity (Wildman–Crippen MR) is 509 cm³/mol. The molecular formula is C93H144N26O19. The third kappa shape index (κ3) is 42.3. The predicted octanol–water partition coefficient (Wildman–Crippen LogP) is -1.32. The number of H-pyrrole nitrogens is 3. The Hall–Kier alpha value is -13.0. The fourth-order valence-electron chi connectivity index (χ4n) is 16.1. The Kier molecular flexibility index (Phi) is 50.8. The molecule has 2 aromatic carbocycles. The van der Waals surface area contributed by atoms with Gasteiger partial charge in [0.2, 0.25) is 94.5 Å². The normalized spacial score (nSPS) is 18.2. The van der Waals surface area contributed by atoms with Crippen LogP contribution in [-0.4, -0.2) is 299 Å². The Labute approximate surface area is 803 Å². The first-order chi connectivity index (χ1) is 66.5. The number of benzene rings is 2. The fourth-order valence-corrected chi connectivity index (χ4v) is 16.1. The number of aliphatic hydroxyl groups excluding tert-OH is 1. The first-order valence-corrected chi connectivity index (χ1v) is 48.1. The van der Waals surface area contributed by atoms with Gasteiger partial charge in [0.05, 0.1) is 33.0 Å². The van der Waals surface area contributed by atoms with Gasteiger partial charge in [0.1, 0.15) is 78.9 Å². The number of rotatable bonds is 57. The lowest BCUT2D eigenvalue weighted by Crippen LogP contribution is -2.62. The maximum atomic E-state index is 15.4. The molecule has 760 valence electrons. The Morgan fingerprint density at radius 3 is 1.88 bits per heavy atom. The van der Waals surface area contributed by atoms with E-state index in [1.807, 2.05) is 25.1 Å². The highest BCUT2D eigenvalue weighted by Crippen LogP contribution is 2.24. The summed E-state index contributed by atoms with van der Waals surface area (Å²) in [5.74, 6) is -12.6. The van der Waals surface area contributed by atoms with Crippen molar-refractivity contribution in [2.24, 2.45) is 17.2 Å². The number of aromatic nitrogens is 6. The Morgan fingerprint density at radius 1 is 0.580 bits per heavy atom. The van der Waals surface area contributed by atoms with Crippen LogP contribution in [0.4, 0.5) is 0 Å². The van der Waals surface area contributed by atoms with Crippen LogP contribution in [0.25, 0.3) is 10.9 Å². The van der Waals surface area contributed by atoms with Gasteiger partial charge in [-0.25, -0.2) is 5.10 Å². The van der Waals surface area contributed by atoms with Crippen LogP contribution in [-0.2, 0) is 112 Å². The number of para-hydroxylation sites is 1. The molecule has 2 saturated heterocycles. The maximum Gasteiger partial charge on any atom is 0.246 e. The minimum Gasteiger partial charge on any atom is -0.394 e. The average Bonchev–Trinajstić information content (AvgIpc) is 1.57. The lowest BCUT2D eigenvalue weighted by molar-refractivity contribution is -0.143. The molecule has 2 aliphatic rings. The van der Waals surface area contributed by atoms with E-state index < -0.39 is 188 Å². The van der Waals surface area contributed by atoms with Gasteiger partial charge < -0.3 is 126 Å². The van der Waals surface area contributed by atoms with E-state index >= 15 is 19.2 Å². The number of hydrogen-bond donors (Lipinski definition) is 22. The number of nitrogens with one attached hydrogen (secondary N) is 18. The Bertz CT molecular complexity index is 4680. The molecule has 0 unspecified atom stereocenters. The summed E-state index contributed by atoms with van der Waals surface area (Å²) in [6.07, 6.45) is 20.4. The molecule has 0 spiro atoms. The molecule has 2 fully saturated rings. The van der Waals surface area contributed by atoms with Crippen LogP contribution in [0.5, 0.6) is 0 Å². The Balaban J connectivity index is 0.959. The van der Waals surface area contributed by atoms with Crippen molar-refractivity contribution in [1.29, 1.82) is 5.41 Å². The van der Waals surface area contributed by atoms with E-state index in [0.29, 0.717) is 36.0 Å². The van der Waals surface area contributed by atoms with E-state index in [9.17, 15) is 62.6 Å². The summed E-state index contributed by atoms with van der Waals surface area (Å²) >= 11 is 0. The topological polar surface area (TPSA) is 675 Å². The number of nitrogens with two attached hydrogens (primary N) is 3. The first kappa shape index (κ1) is 112. The molecule has 11 atom stereocenters. The van der Waals surface area contributed by atoms with Gasteiger partial charge in [-0.2, -0.15) is 0 Å². The molecule has 5 aromatic rings. The van der Waals surface area contributed by atoms with Gasteiger partial charge in [-0.3, -0.25) is 82.1 Å². The van der Waals surface area contributed by atoms with Gasteiger partial charge >= 0.3 is 0 Å². The number of aryl methyl sites for hydroxylation is 1. The molecule has 25 N–H and O–H groups in total. The van der Waals surface area contributed by atoms with Gasteiger partial charge in [0, 0.05) is 107 Å². The molecule has 3 aromatic heterocycles. The van der Waals surface area contributed by atoms with Crippen LogP contribution in [0.2, 0.25) is 0 Å². The number of tetrazole rings is 1. The van der Waals surface area contributed by atoms with Crippen molar-refractivity contribution in [3.63, 3.8) is 0 Å². The summed E-state index contributed by atoms with van der Waals surface area (Å²) < 4.78 is 10.9. The molecule has 45 nitrogen and oxygen atoms in total. The highest BCUT2D eigenvalue weighted by atomic mass is 16.5. The number of carbonyl (C=O) groups is 16. The first-order valence-electron chi connectivity index (χ1n) is 48.1. The fraction of sp³-hybridized carbons (Fsp3) is 0.613. The number of aliphatic hydroxyl groups is 1. The number of fused-ring (bicyclic) bond motifs is 2. The second-order valence-corrected chi connectivity index (χ2v) is 35.1. The van der Waals surface area contributed by atoms with E-state index in [2.05, 4.69) is 105 Å². The molecule has 2 aliphatic heterocycles. The van der Waals surface area contributed by atoms with Crippen molar-refractivity contribution in [3.8, 4) is 0 Å². The number of carbonyl (C=O) groups excluding carboxylic acids is 16. The van der Waals surface area contributed by atoms with Crippen LogP contribution >= 0.6 is 0 Å². The zero-order valence-corrected chi connectivity index (χ0v) is 79.5. The number of guanidine groups is 1. The number of aromatic amines is 3. The number of amides is 16. The zero-order valence-electron chi connectivity index (χ0n) is 79.5. The van der Waals surface area contributed by atoms with E-state index in [1.54, 1.807) is 73.9 Å². The number of ether oxygens (including phenoxy) is 2. The monoisotopic (exact) mass is 1930 g/mol. The zero-order chi connectivity index (χ0) is 99.9. The summed E-state index contributed by atoms with van der Waals surface area (Å²) in [7, 11) is 3.18. The highest BCUT2D eigenvalue weighted by molar-refractivity contribution is 6.01. The number of primary amides is 2. The van der Waals surface area contributed by atoms with Crippen molar-refractivity contribution in [3.05, 3.63) is 102 Å². The standard InChI is InChI=1S/C93H144N26O19/c1-4-5-31-66(83(127)109-69-39-41-79(123)99-43-25-24-33-65(82(95)126)105-88(132)72(53-62-55-102-64-32-23-22-30-63(62)64)111-84(128)67(34-26-44-101-93(96)97)106-86(130)70(51-60-28-18-17-19-29-60)112-91(135)75-35-27-47-119(75)92(69)136)107-89(133)73(57-118(2)3)113-87(131)71(52-61-42-45-98-54-61)110-85(129)68(38-40-76(94)121)108-90(134)74(58-120)104-80(124)56-103-81(125)59-138-50-49-137-48-46-100-78(122)37-21-16-14-12-10-8-6-7-9-11-13-15-20-36-77-114-116-117-115-77/h17-19,22-23,28-30,32,42,45,54-55,65-75,98,102,120H,4-16,20-21,24-27,31,33-41,43-44,46-53,56-59H2,1-3H3,(H2,94,121)(H2,95,126)(H,99,123)(H,100,122)(H,103,125)(H,104,124)(H,105,132)(H,106,130)(H,107,133)(H,108,134)(H,109,127)(H,110,129)(H,111,128)(H,112,135)(H,113,131)(H4,96,97,101)(H,114,115,116,117)/t65-,66-,67-,68-,69-,70+,71-,72-,73-,74-,75-/m0/s1. The maximum absolute atomic E-state index is 15.4. The van der Waals surface area contributed by atoms with Crippen molar-refractivity contribution in [1.82, 2.24) is 115 Å². The molecule has 7 rings (SSSR count). The molecule has 5 heterocycles. The van der Waals surface area contributed by atoms with Crippen molar-refractivity contribution in [2.45, 2.75) is 279 Å². The molecule has 138 heavy (non-hydrogen) atoms. The lowest BCUT2D eigenvalue weighted by atomic mass is 10.0. The quantitative estimate of drug-likeness (QED) is 0.0122. The Morgan fingerprint density at radius 2 is 1.21 bits per heavy atom. The molecule has 0 bridgehead atoms. The summed E-state index contributed by atoms with van der Waals surface area (Å²) in [6.45, 7) is 0.0816. The van der Waals surface area contributed by atoms with Crippen LogP contribution in [0.3, 0.4) is 0 Å². The largest absolute Gasteiger partial charge is 0.394 e. The lowest BCUT2D eigenvalue weighted by Gasteiger charge is -2.31. The van der Waals surface area contributed by atoms with Crippen molar-refractivity contribution >= 4 is 111 Å². The SMILES string of the molecule is CCCC[C@H](NC(=O)[C@H](CN(C)C)NC(=O)[C@H](Cc1cc[nH]c1)NC(=O)[C@H](CCC(N)=O)NC(=O)[C@H](CO)NC(=O)CNC(=O)COCCOCCNC(=O)CCCCCCCCCCCCCCCc1nnn[nH]1)C(=O)N[C@H]1CCC(=O)NCCCC[C@@H](C(N)=O)NC(=O)[C@H](Cc2c[nH]c3ccccc23)NC(=O)[C@H](CCCNC(=N)N)NC(=O)[C@@H](Cc2ccccc2)NC(=O)[C@@H]2CCCN2C1=O.